The molecule has 2 N–H and O–H groups in total. The molecule has 0 spiro atoms. The number of carbonyl (C=O) groups is 2. The van der Waals surface area contributed by atoms with Crippen molar-refractivity contribution in [1.29, 1.82) is 0 Å². The number of nitro benzene ring substituents is 2. The summed E-state index contributed by atoms with van der Waals surface area (Å²) in [6.07, 6.45) is -0.0392. The first-order valence-corrected chi connectivity index (χ1v) is 5.22. The molecule has 0 saturated carbocycles. The van der Waals surface area contributed by atoms with Gasteiger partial charge in [0.2, 0.25) is 18.5 Å². The average Bonchev–Trinajstić information content (AvgIpc) is 2.80. The molecule has 2 rings (SSSR count). The number of nitrogens with one attached hydrogen (secondary N) is 2. The minimum Gasteiger partial charge on any atom is -0.359 e. The minimum absolute atomic E-state index is 0.00525. The largest absolute Gasteiger partial charge is 0.359 e. The predicted molar refractivity (Wildman–Crippen MR) is 65.7 cm³/mol. The van der Waals surface area contributed by atoms with Crippen molar-refractivity contribution < 1.29 is 29.0 Å². The zero-order chi connectivity index (χ0) is 16.4. The van der Waals surface area contributed by atoms with Crippen molar-refractivity contribution in [3.05, 3.63) is 25.4 Å². The molecule has 114 valence electrons. The number of fused-ring (bicyclic) bond motifs is 1. The summed E-state index contributed by atoms with van der Waals surface area (Å²) < 4.78 is 4.17. The van der Waals surface area contributed by atoms with Crippen LogP contribution in [-0.2, 0) is 9.59 Å². The first-order valence-electron chi connectivity index (χ1n) is 5.22. The van der Waals surface area contributed by atoms with E-state index >= 15 is 0 Å². The molecule has 1 aromatic heterocycles. The van der Waals surface area contributed by atoms with Gasteiger partial charge in [0, 0.05) is 0 Å². The van der Waals surface area contributed by atoms with Gasteiger partial charge in [-0.3, -0.25) is 34.4 Å². The number of rotatable bonds is 6. The van der Waals surface area contributed by atoms with Gasteiger partial charge in [0.25, 0.3) is 5.52 Å². The summed E-state index contributed by atoms with van der Waals surface area (Å²) in [6.45, 7) is 0. The molecule has 0 aliphatic carbocycles. The van der Waals surface area contributed by atoms with E-state index in [2.05, 4.69) is 9.79 Å². The molecule has 0 atom stereocenters. The van der Waals surface area contributed by atoms with Crippen LogP contribution in [0.5, 0.6) is 0 Å². The lowest BCUT2D eigenvalue weighted by atomic mass is 10.1. The fraction of sp³-hybridized carbons (Fsp3) is 0. The SMILES string of the molecule is O=CNc1c([N+](=O)[O-])c(NC=O)c2c(no[n+]2[O-])c1[N+](=O)[O-]. The van der Waals surface area contributed by atoms with Crippen LogP contribution in [0, 0.1) is 25.4 Å². The molecule has 0 aliphatic rings. The van der Waals surface area contributed by atoms with Gasteiger partial charge in [0.1, 0.15) is 0 Å². The van der Waals surface area contributed by atoms with Crippen molar-refractivity contribution in [2.45, 2.75) is 0 Å². The number of carbonyl (C=O) groups excluding carboxylic acids is 2. The number of aromatic nitrogens is 2. The van der Waals surface area contributed by atoms with Crippen molar-refractivity contribution in [3.8, 4) is 0 Å². The lowest BCUT2D eigenvalue weighted by molar-refractivity contribution is -0.781. The molecule has 0 radical (unpaired) electrons. The predicted octanol–water partition coefficient (Wildman–Crippen LogP) is -0.586. The van der Waals surface area contributed by atoms with Gasteiger partial charge < -0.3 is 15.8 Å². The van der Waals surface area contributed by atoms with Crippen LogP contribution >= 0.6 is 0 Å². The van der Waals surface area contributed by atoms with E-state index in [0.29, 0.717) is 0 Å². The molecule has 0 fully saturated rings. The van der Waals surface area contributed by atoms with Gasteiger partial charge in [0.05, 0.1) is 15.0 Å². The molecule has 2 amide bonds. The van der Waals surface area contributed by atoms with E-state index in [9.17, 15) is 35.0 Å². The molecule has 0 saturated heterocycles. The highest BCUT2D eigenvalue weighted by molar-refractivity contribution is 6.08. The molecule has 2 aromatic rings. The van der Waals surface area contributed by atoms with E-state index in [4.69, 9.17) is 0 Å². The number of amides is 2. The van der Waals surface area contributed by atoms with Crippen molar-refractivity contribution in [2.75, 3.05) is 10.6 Å². The van der Waals surface area contributed by atoms with Gasteiger partial charge >= 0.3 is 16.9 Å². The summed E-state index contributed by atoms with van der Waals surface area (Å²) in [5, 5.41) is 40.5. The number of hydrogen-bond acceptors (Lipinski definition) is 9. The lowest BCUT2D eigenvalue weighted by Gasteiger charge is -2.06. The van der Waals surface area contributed by atoms with Gasteiger partial charge in [-0.2, -0.15) is 0 Å². The molecular formula is C8H4N6O8. The standard InChI is InChI=1S/C8H4N6O8/c15-1-9-3-6(12(17)18)4(10-2-16)8-5(7(3)13(19)20)11-22-14(8)21/h1-2H,(H,9,15)(H,10,16). The highest BCUT2D eigenvalue weighted by Gasteiger charge is 2.40. The van der Waals surface area contributed by atoms with Crippen molar-refractivity contribution >= 4 is 46.6 Å². The highest BCUT2D eigenvalue weighted by atomic mass is 16.8. The Morgan fingerprint density at radius 2 is 1.59 bits per heavy atom. The van der Waals surface area contributed by atoms with Crippen LogP contribution in [0.25, 0.3) is 11.0 Å². The first-order chi connectivity index (χ1) is 10.4. The van der Waals surface area contributed by atoms with Crippen LogP contribution in [0.15, 0.2) is 4.63 Å². The van der Waals surface area contributed by atoms with E-state index < -0.39 is 43.6 Å². The Balaban J connectivity index is 3.10. The molecule has 22 heavy (non-hydrogen) atoms. The Hall–Kier alpha value is -3.84. The van der Waals surface area contributed by atoms with E-state index in [1.807, 2.05) is 5.32 Å². The summed E-state index contributed by atoms with van der Waals surface area (Å²) in [5.41, 5.74) is -5.06. The van der Waals surface area contributed by atoms with E-state index in [0.717, 1.165) is 0 Å². The van der Waals surface area contributed by atoms with Gasteiger partial charge in [0.15, 0.2) is 5.69 Å². The maximum absolute atomic E-state index is 11.5. The third-order valence-electron chi connectivity index (χ3n) is 2.56. The number of benzene rings is 1. The molecule has 0 aliphatic heterocycles. The first kappa shape index (κ1) is 14.6. The van der Waals surface area contributed by atoms with Crippen LogP contribution < -0.4 is 15.5 Å². The number of nitro groups is 2. The highest BCUT2D eigenvalue weighted by Crippen LogP contribution is 2.45. The van der Waals surface area contributed by atoms with Gasteiger partial charge in [-0.05, 0) is 4.90 Å². The monoisotopic (exact) mass is 312 g/mol. The Morgan fingerprint density at radius 1 is 1.05 bits per heavy atom. The fourth-order valence-corrected chi connectivity index (χ4v) is 1.83. The second-order valence-corrected chi connectivity index (χ2v) is 3.61. The zero-order valence-corrected chi connectivity index (χ0v) is 10.2. The molecule has 0 unspecified atom stereocenters. The summed E-state index contributed by atoms with van der Waals surface area (Å²) in [7, 11) is 0. The van der Waals surface area contributed by atoms with Crippen molar-refractivity contribution in [3.63, 3.8) is 0 Å². The second-order valence-electron chi connectivity index (χ2n) is 3.61. The maximum Gasteiger partial charge on any atom is 0.357 e. The Labute approximate surface area is 118 Å². The fourth-order valence-electron chi connectivity index (χ4n) is 1.83. The maximum atomic E-state index is 11.5. The van der Waals surface area contributed by atoms with E-state index in [1.54, 1.807) is 5.32 Å². The topological polar surface area (TPSA) is 197 Å². The summed E-state index contributed by atoms with van der Waals surface area (Å²) in [6, 6.07) is 0. The average molecular weight is 312 g/mol. The normalized spacial score (nSPS) is 10.2. The van der Waals surface area contributed by atoms with Crippen LogP contribution in [0.1, 0.15) is 0 Å². The molecule has 14 nitrogen and oxygen atoms in total. The molecular weight excluding hydrogens is 308 g/mol. The number of hydrogen-bond donors (Lipinski definition) is 2. The van der Waals surface area contributed by atoms with Crippen molar-refractivity contribution in [2.24, 2.45) is 0 Å². The second kappa shape index (κ2) is 5.27. The van der Waals surface area contributed by atoms with E-state index in [1.165, 1.54) is 0 Å². The minimum atomic E-state index is -1.11. The summed E-state index contributed by atoms with van der Waals surface area (Å²) in [5.74, 6) is 0. The number of anilines is 2. The number of nitrogens with zero attached hydrogens (tertiary/aromatic N) is 4. The van der Waals surface area contributed by atoms with Gasteiger partial charge in [-0.15, -0.1) is 0 Å². The van der Waals surface area contributed by atoms with Crippen molar-refractivity contribution in [1.82, 2.24) is 5.16 Å². The Kier molecular flexibility index (Phi) is 3.49. The molecule has 0 bridgehead atoms. The summed E-state index contributed by atoms with van der Waals surface area (Å²) in [4.78, 5) is 40.9. The third kappa shape index (κ3) is 1.99. The third-order valence-corrected chi connectivity index (χ3v) is 2.56. The van der Waals surface area contributed by atoms with Crippen LogP contribution in [0.2, 0.25) is 0 Å². The smallest absolute Gasteiger partial charge is 0.357 e. The van der Waals surface area contributed by atoms with Crippen LogP contribution in [0.3, 0.4) is 0 Å². The van der Waals surface area contributed by atoms with Crippen LogP contribution in [-0.4, -0.2) is 27.8 Å². The van der Waals surface area contributed by atoms with E-state index in [-0.39, 0.29) is 17.7 Å². The molecule has 1 aromatic carbocycles. The van der Waals surface area contributed by atoms with Gasteiger partial charge in [-0.1, -0.05) is 0 Å². The summed E-state index contributed by atoms with van der Waals surface area (Å²) >= 11 is 0. The lowest BCUT2D eigenvalue weighted by Crippen LogP contribution is -2.24. The Bertz CT molecular complexity index is 813. The molecule has 14 heteroatoms. The molecule has 1 heterocycles. The Morgan fingerprint density at radius 3 is 2.09 bits per heavy atom. The van der Waals surface area contributed by atoms with Gasteiger partial charge in [-0.25, -0.2) is 0 Å². The van der Waals surface area contributed by atoms with Crippen LogP contribution in [0.4, 0.5) is 22.7 Å². The quantitative estimate of drug-likeness (QED) is 0.303. The zero-order valence-electron chi connectivity index (χ0n) is 10.2.